The number of benzene rings is 2. The van der Waals surface area contributed by atoms with Crippen molar-refractivity contribution in [2.24, 2.45) is 0 Å². The van der Waals surface area contributed by atoms with Crippen LogP contribution in [0.5, 0.6) is 11.5 Å². The smallest absolute Gasteiger partial charge is 0.293 e. The molecule has 0 radical (unpaired) electrons. The maximum Gasteiger partial charge on any atom is 0.293 e. The lowest BCUT2D eigenvalue weighted by atomic mass is 10.1. The van der Waals surface area contributed by atoms with E-state index in [1.165, 1.54) is 14.2 Å². The molecular weight excluding hydrogens is 445 g/mol. The maximum absolute atomic E-state index is 12.0. The molecule has 2 aromatic carbocycles. The van der Waals surface area contributed by atoms with Gasteiger partial charge in [-0.3, -0.25) is 14.5 Å². The van der Waals surface area contributed by atoms with Crippen molar-refractivity contribution in [2.45, 2.75) is 6.61 Å². The van der Waals surface area contributed by atoms with Crippen LogP contribution < -0.4 is 9.47 Å². The number of ether oxygens (including phenoxy) is 2. The zero-order valence-electron chi connectivity index (χ0n) is 14.8. The summed E-state index contributed by atoms with van der Waals surface area (Å²) in [6.45, 7) is 0.167. The quantitative estimate of drug-likeness (QED) is 0.522. The molecule has 28 heavy (non-hydrogen) atoms. The fraction of sp³-hybridized carbons (Fsp3) is 0.158. The van der Waals surface area contributed by atoms with Crippen molar-refractivity contribution in [1.82, 2.24) is 4.90 Å². The van der Waals surface area contributed by atoms with Crippen LogP contribution in [0.15, 0.2) is 35.2 Å². The molecule has 0 aromatic heterocycles. The molecule has 1 aliphatic rings. The standard InChI is InChI=1S/C19H14Cl3NO4S/c1-23-18(24)16(28-19(23)25)7-10-5-14(22)17(15(6-10)26-2)27-9-11-3-4-12(20)8-13(11)21/h3-8H,9H2,1-2H3/b16-7-. The van der Waals surface area contributed by atoms with Crippen LogP contribution in [-0.2, 0) is 11.4 Å². The number of nitrogens with zero attached hydrogens (tertiary/aromatic N) is 1. The lowest BCUT2D eigenvalue weighted by Crippen LogP contribution is -2.22. The first kappa shape index (κ1) is 20.9. The summed E-state index contributed by atoms with van der Waals surface area (Å²) in [7, 11) is 2.92. The molecule has 0 aliphatic carbocycles. The summed E-state index contributed by atoms with van der Waals surface area (Å²) < 4.78 is 11.2. The lowest BCUT2D eigenvalue weighted by molar-refractivity contribution is -0.121. The topological polar surface area (TPSA) is 55.8 Å². The van der Waals surface area contributed by atoms with Crippen LogP contribution >= 0.6 is 46.6 Å². The molecule has 3 rings (SSSR count). The van der Waals surface area contributed by atoms with Crippen molar-refractivity contribution in [3.8, 4) is 11.5 Å². The minimum absolute atomic E-state index is 0.167. The van der Waals surface area contributed by atoms with Crippen LogP contribution in [0.3, 0.4) is 0 Å². The van der Waals surface area contributed by atoms with Crippen LogP contribution in [0.25, 0.3) is 6.08 Å². The Bertz CT molecular complexity index is 993. The Morgan fingerprint density at radius 2 is 1.86 bits per heavy atom. The van der Waals surface area contributed by atoms with E-state index < -0.39 is 0 Å². The Balaban J connectivity index is 1.86. The molecule has 0 bridgehead atoms. The van der Waals surface area contributed by atoms with Crippen molar-refractivity contribution in [2.75, 3.05) is 14.2 Å². The normalized spacial score (nSPS) is 15.5. The SMILES string of the molecule is COc1cc(/C=C2\SC(=O)N(C)C2=O)cc(Cl)c1OCc1ccc(Cl)cc1Cl. The van der Waals surface area contributed by atoms with Gasteiger partial charge in [-0.1, -0.05) is 40.9 Å². The molecule has 0 saturated carbocycles. The first-order chi connectivity index (χ1) is 13.3. The number of likely N-dealkylation sites (N-methyl/N-ethyl adjacent to an activating group) is 1. The zero-order chi connectivity index (χ0) is 20.4. The van der Waals surface area contributed by atoms with Gasteiger partial charge in [0, 0.05) is 22.7 Å². The van der Waals surface area contributed by atoms with Crippen molar-refractivity contribution in [1.29, 1.82) is 0 Å². The van der Waals surface area contributed by atoms with Gasteiger partial charge in [0.25, 0.3) is 11.1 Å². The Morgan fingerprint density at radius 3 is 2.46 bits per heavy atom. The Hall–Kier alpha value is -1.86. The average Bonchev–Trinajstić information content (AvgIpc) is 2.88. The third-order valence-electron chi connectivity index (χ3n) is 3.92. The predicted molar refractivity (Wildman–Crippen MR) is 113 cm³/mol. The average molecular weight is 459 g/mol. The van der Waals surface area contributed by atoms with Gasteiger partial charge in [-0.2, -0.15) is 0 Å². The summed E-state index contributed by atoms with van der Waals surface area (Å²) in [6, 6.07) is 8.42. The van der Waals surface area contributed by atoms with E-state index in [9.17, 15) is 9.59 Å². The van der Waals surface area contributed by atoms with E-state index >= 15 is 0 Å². The molecule has 1 fully saturated rings. The number of carbonyl (C=O) groups excluding carboxylic acids is 2. The highest BCUT2D eigenvalue weighted by Crippen LogP contribution is 2.39. The van der Waals surface area contributed by atoms with Crippen LogP contribution in [-0.4, -0.2) is 30.2 Å². The number of hydrogen-bond donors (Lipinski definition) is 0. The predicted octanol–water partition coefficient (Wildman–Crippen LogP) is 5.90. The van der Waals surface area contributed by atoms with Crippen molar-refractivity contribution < 1.29 is 19.1 Å². The molecule has 0 N–H and O–H groups in total. The fourth-order valence-corrected chi connectivity index (χ4v) is 4.01. The number of thioether (sulfide) groups is 1. The highest BCUT2D eigenvalue weighted by molar-refractivity contribution is 8.18. The molecular formula is C19H14Cl3NO4S. The van der Waals surface area contributed by atoms with Crippen LogP contribution in [0.2, 0.25) is 15.1 Å². The van der Waals surface area contributed by atoms with Gasteiger partial charge in [-0.25, -0.2) is 0 Å². The van der Waals surface area contributed by atoms with Crippen molar-refractivity contribution in [3.63, 3.8) is 0 Å². The minimum atomic E-state index is -0.359. The van der Waals surface area contributed by atoms with E-state index in [0.717, 1.165) is 22.2 Å². The summed E-state index contributed by atoms with van der Waals surface area (Å²) in [5.74, 6) is 0.373. The molecule has 146 valence electrons. The summed E-state index contributed by atoms with van der Waals surface area (Å²) >= 11 is 19.3. The molecule has 1 aliphatic heterocycles. The zero-order valence-corrected chi connectivity index (χ0v) is 17.9. The number of carbonyl (C=O) groups is 2. The van der Waals surface area contributed by atoms with Crippen LogP contribution in [0.1, 0.15) is 11.1 Å². The fourth-order valence-electron chi connectivity index (χ4n) is 2.45. The van der Waals surface area contributed by atoms with Gasteiger partial charge in [-0.15, -0.1) is 0 Å². The summed E-state index contributed by atoms with van der Waals surface area (Å²) in [5.41, 5.74) is 1.35. The first-order valence-corrected chi connectivity index (χ1v) is 9.91. The summed E-state index contributed by atoms with van der Waals surface area (Å²) in [6.07, 6.45) is 1.59. The van der Waals surface area contributed by atoms with Gasteiger partial charge in [0.15, 0.2) is 11.5 Å². The van der Waals surface area contributed by atoms with Gasteiger partial charge < -0.3 is 9.47 Å². The van der Waals surface area contributed by atoms with E-state index in [-0.39, 0.29) is 17.8 Å². The van der Waals surface area contributed by atoms with E-state index in [1.54, 1.807) is 36.4 Å². The van der Waals surface area contributed by atoms with Gasteiger partial charge in [0.05, 0.1) is 17.0 Å². The molecule has 1 heterocycles. The molecule has 0 atom stereocenters. The molecule has 0 spiro atoms. The number of amides is 2. The minimum Gasteiger partial charge on any atom is -0.493 e. The largest absolute Gasteiger partial charge is 0.493 e. The summed E-state index contributed by atoms with van der Waals surface area (Å²) in [5, 5.41) is 0.986. The van der Waals surface area contributed by atoms with Crippen molar-refractivity contribution in [3.05, 3.63) is 61.4 Å². The van der Waals surface area contributed by atoms with Crippen LogP contribution in [0.4, 0.5) is 4.79 Å². The monoisotopic (exact) mass is 457 g/mol. The molecule has 1 saturated heterocycles. The Labute approximate surface area is 181 Å². The third kappa shape index (κ3) is 4.41. The maximum atomic E-state index is 12.0. The van der Waals surface area contributed by atoms with E-state index in [1.807, 2.05) is 0 Å². The second-order valence-corrected chi connectivity index (χ2v) is 8.04. The van der Waals surface area contributed by atoms with E-state index in [0.29, 0.717) is 37.0 Å². The van der Waals surface area contributed by atoms with Gasteiger partial charge >= 0.3 is 0 Å². The molecule has 2 aromatic rings. The van der Waals surface area contributed by atoms with Gasteiger partial charge in [0.1, 0.15) is 6.61 Å². The first-order valence-electron chi connectivity index (χ1n) is 7.96. The lowest BCUT2D eigenvalue weighted by Gasteiger charge is -2.14. The van der Waals surface area contributed by atoms with E-state index in [2.05, 4.69) is 0 Å². The van der Waals surface area contributed by atoms with Crippen LogP contribution in [0, 0.1) is 0 Å². The number of halogens is 3. The highest BCUT2D eigenvalue weighted by atomic mass is 35.5. The second-order valence-electron chi connectivity index (χ2n) is 5.80. The summed E-state index contributed by atoms with van der Waals surface area (Å²) in [4.78, 5) is 25.1. The number of hydrogen-bond acceptors (Lipinski definition) is 5. The molecule has 2 amide bonds. The van der Waals surface area contributed by atoms with Crippen molar-refractivity contribution >= 4 is 63.8 Å². The van der Waals surface area contributed by atoms with Gasteiger partial charge in [0.2, 0.25) is 0 Å². The molecule has 0 unspecified atom stereocenters. The Kier molecular flexibility index (Phi) is 6.45. The molecule has 9 heteroatoms. The van der Waals surface area contributed by atoms with E-state index in [4.69, 9.17) is 44.3 Å². The third-order valence-corrected chi connectivity index (χ3v) is 5.75. The molecule has 5 nitrogen and oxygen atoms in total. The highest BCUT2D eigenvalue weighted by Gasteiger charge is 2.31. The second kappa shape index (κ2) is 8.66. The number of rotatable bonds is 5. The number of imide groups is 1. The van der Waals surface area contributed by atoms with Gasteiger partial charge in [-0.05, 0) is 47.7 Å². The Morgan fingerprint density at radius 1 is 1.11 bits per heavy atom. The number of methoxy groups -OCH3 is 1.